The molecule has 0 spiro atoms. The van der Waals surface area contributed by atoms with Crippen LogP contribution >= 0.6 is 0 Å². The van der Waals surface area contributed by atoms with Crippen molar-refractivity contribution < 1.29 is 14.1 Å². The minimum atomic E-state index is -0.779. The first kappa shape index (κ1) is 12.7. The first-order valence-corrected chi connectivity index (χ1v) is 5.18. The van der Waals surface area contributed by atoms with E-state index < -0.39 is 22.3 Å². The van der Waals surface area contributed by atoms with Crippen molar-refractivity contribution in [1.29, 1.82) is 0 Å². The number of ether oxygens (including phenoxy) is 1. The van der Waals surface area contributed by atoms with Crippen LogP contribution in [0.3, 0.4) is 0 Å². The van der Waals surface area contributed by atoms with E-state index in [4.69, 9.17) is 10.5 Å². The van der Waals surface area contributed by atoms with Crippen LogP contribution in [0.2, 0.25) is 0 Å². The quantitative estimate of drug-likeness (QED) is 0.673. The number of rotatable bonds is 3. The summed E-state index contributed by atoms with van der Waals surface area (Å²) in [7, 11) is 0. The molecule has 0 saturated heterocycles. The van der Waals surface area contributed by atoms with Crippen molar-refractivity contribution in [1.82, 2.24) is 9.97 Å². The summed E-state index contributed by atoms with van der Waals surface area (Å²) in [5, 5.41) is 10.9. The molecule has 0 radical (unpaired) electrons. The lowest BCUT2D eigenvalue weighted by atomic mass is 10.2. The second-order valence-corrected chi connectivity index (χ2v) is 3.66. The van der Waals surface area contributed by atoms with Gasteiger partial charge in [-0.2, -0.15) is 4.98 Å². The van der Waals surface area contributed by atoms with Crippen LogP contribution in [0.4, 0.5) is 15.9 Å². The Kier molecular flexibility index (Phi) is 3.23. The number of nitro groups is 1. The van der Waals surface area contributed by atoms with Crippen molar-refractivity contribution in [3.63, 3.8) is 0 Å². The van der Waals surface area contributed by atoms with Crippen LogP contribution in [0.5, 0.6) is 11.6 Å². The highest BCUT2D eigenvalue weighted by atomic mass is 19.1. The minimum absolute atomic E-state index is 0.166. The number of aromatic nitrogens is 2. The van der Waals surface area contributed by atoms with E-state index in [9.17, 15) is 14.5 Å². The summed E-state index contributed by atoms with van der Waals surface area (Å²) in [4.78, 5) is 17.2. The molecule has 0 amide bonds. The van der Waals surface area contributed by atoms with Gasteiger partial charge in [-0.15, -0.1) is 0 Å². The van der Waals surface area contributed by atoms with Crippen LogP contribution in [0.25, 0.3) is 0 Å². The van der Waals surface area contributed by atoms with E-state index in [1.165, 1.54) is 6.07 Å². The average Bonchev–Trinajstić information content (AvgIpc) is 2.34. The molecule has 2 N–H and O–H groups in total. The summed E-state index contributed by atoms with van der Waals surface area (Å²) in [5.41, 5.74) is 5.13. The van der Waals surface area contributed by atoms with Gasteiger partial charge in [-0.1, -0.05) is 12.1 Å². The fourth-order valence-corrected chi connectivity index (χ4v) is 1.43. The van der Waals surface area contributed by atoms with Crippen molar-refractivity contribution in [2.24, 2.45) is 0 Å². The lowest BCUT2D eigenvalue weighted by Crippen LogP contribution is -2.03. The molecule has 2 rings (SSSR count). The highest BCUT2D eigenvalue weighted by Crippen LogP contribution is 2.33. The monoisotopic (exact) mass is 264 g/mol. The zero-order valence-corrected chi connectivity index (χ0v) is 9.83. The van der Waals surface area contributed by atoms with E-state index in [1.807, 2.05) is 0 Å². The molecule has 1 aromatic carbocycles. The SMILES string of the molecule is Cc1cccc(Oc2ncnc(N)c2[N+](=O)[O-])c1F. The van der Waals surface area contributed by atoms with Gasteiger partial charge in [-0.05, 0) is 18.6 Å². The molecule has 19 heavy (non-hydrogen) atoms. The lowest BCUT2D eigenvalue weighted by Gasteiger charge is -2.07. The third kappa shape index (κ3) is 2.41. The smallest absolute Gasteiger partial charge is 0.372 e. The van der Waals surface area contributed by atoms with Gasteiger partial charge in [0.15, 0.2) is 11.6 Å². The minimum Gasteiger partial charge on any atom is -0.430 e. The van der Waals surface area contributed by atoms with E-state index in [0.29, 0.717) is 5.56 Å². The van der Waals surface area contributed by atoms with Crippen LogP contribution in [-0.4, -0.2) is 14.9 Å². The molecule has 0 aliphatic carbocycles. The highest BCUT2D eigenvalue weighted by molar-refractivity contribution is 5.58. The average molecular weight is 264 g/mol. The second kappa shape index (κ2) is 4.84. The first-order valence-electron chi connectivity index (χ1n) is 5.18. The van der Waals surface area contributed by atoms with Gasteiger partial charge in [0, 0.05) is 0 Å². The number of benzene rings is 1. The third-order valence-electron chi connectivity index (χ3n) is 2.36. The summed E-state index contributed by atoms with van der Waals surface area (Å²) in [6.45, 7) is 1.55. The Hall–Kier alpha value is -2.77. The van der Waals surface area contributed by atoms with Crippen LogP contribution in [-0.2, 0) is 0 Å². The molecule has 0 bridgehead atoms. The van der Waals surface area contributed by atoms with Gasteiger partial charge in [0.25, 0.3) is 0 Å². The number of anilines is 1. The van der Waals surface area contributed by atoms with Crippen molar-refractivity contribution in [2.45, 2.75) is 6.92 Å². The van der Waals surface area contributed by atoms with Crippen LogP contribution in [0.15, 0.2) is 24.5 Å². The summed E-state index contributed by atoms with van der Waals surface area (Å²) < 4.78 is 18.9. The molecule has 0 atom stereocenters. The molecule has 0 unspecified atom stereocenters. The summed E-state index contributed by atoms with van der Waals surface area (Å²) in [6.07, 6.45) is 1.01. The molecule has 0 aliphatic rings. The number of hydrogen-bond acceptors (Lipinski definition) is 6. The predicted molar refractivity (Wildman–Crippen MR) is 64.3 cm³/mol. The van der Waals surface area contributed by atoms with Crippen molar-refractivity contribution >= 4 is 11.5 Å². The molecule has 0 saturated carbocycles. The Morgan fingerprint density at radius 1 is 1.42 bits per heavy atom. The molecule has 98 valence electrons. The Balaban J connectivity index is 2.47. The number of nitrogens with two attached hydrogens (primary N) is 1. The molecule has 7 nitrogen and oxygen atoms in total. The molecule has 1 aromatic heterocycles. The normalized spacial score (nSPS) is 10.2. The zero-order valence-electron chi connectivity index (χ0n) is 9.83. The van der Waals surface area contributed by atoms with Gasteiger partial charge in [0.05, 0.1) is 4.92 Å². The van der Waals surface area contributed by atoms with E-state index in [1.54, 1.807) is 19.1 Å². The molecule has 1 heterocycles. The zero-order chi connectivity index (χ0) is 14.0. The maximum absolute atomic E-state index is 13.8. The topological polar surface area (TPSA) is 104 Å². The van der Waals surface area contributed by atoms with Gasteiger partial charge < -0.3 is 10.5 Å². The van der Waals surface area contributed by atoms with Crippen LogP contribution < -0.4 is 10.5 Å². The Morgan fingerprint density at radius 2 is 2.16 bits per heavy atom. The fraction of sp³-hybridized carbons (Fsp3) is 0.0909. The van der Waals surface area contributed by atoms with Crippen LogP contribution in [0, 0.1) is 22.9 Å². The summed E-state index contributed by atoms with van der Waals surface area (Å²) in [5.74, 6) is -1.53. The predicted octanol–water partition coefficient (Wildman–Crippen LogP) is 2.21. The van der Waals surface area contributed by atoms with Crippen molar-refractivity contribution in [3.8, 4) is 11.6 Å². The van der Waals surface area contributed by atoms with Crippen molar-refractivity contribution in [3.05, 3.63) is 46.0 Å². The van der Waals surface area contributed by atoms with Gasteiger partial charge in [-0.25, -0.2) is 9.37 Å². The van der Waals surface area contributed by atoms with E-state index in [-0.39, 0.29) is 11.6 Å². The lowest BCUT2D eigenvalue weighted by molar-refractivity contribution is -0.385. The fourth-order valence-electron chi connectivity index (χ4n) is 1.43. The number of nitrogens with zero attached hydrogens (tertiary/aromatic N) is 3. The van der Waals surface area contributed by atoms with Crippen LogP contribution in [0.1, 0.15) is 5.56 Å². The Morgan fingerprint density at radius 3 is 2.84 bits per heavy atom. The molecular formula is C11H9FN4O3. The highest BCUT2D eigenvalue weighted by Gasteiger charge is 2.24. The number of aryl methyl sites for hydroxylation is 1. The van der Waals surface area contributed by atoms with Gasteiger partial charge >= 0.3 is 11.6 Å². The number of hydrogen-bond donors (Lipinski definition) is 1. The van der Waals surface area contributed by atoms with E-state index in [0.717, 1.165) is 6.33 Å². The molecule has 0 fully saturated rings. The second-order valence-electron chi connectivity index (χ2n) is 3.66. The van der Waals surface area contributed by atoms with Gasteiger partial charge in [0.2, 0.25) is 5.82 Å². The summed E-state index contributed by atoms with van der Waals surface area (Å²) >= 11 is 0. The first-order chi connectivity index (χ1) is 9.00. The van der Waals surface area contributed by atoms with Gasteiger partial charge in [-0.3, -0.25) is 10.1 Å². The van der Waals surface area contributed by atoms with Gasteiger partial charge in [0.1, 0.15) is 6.33 Å². The maximum atomic E-state index is 13.8. The largest absolute Gasteiger partial charge is 0.430 e. The number of nitrogen functional groups attached to an aromatic ring is 1. The molecule has 8 heteroatoms. The molecule has 2 aromatic rings. The maximum Gasteiger partial charge on any atom is 0.372 e. The van der Waals surface area contributed by atoms with Crippen molar-refractivity contribution in [2.75, 3.05) is 5.73 Å². The molecule has 0 aliphatic heterocycles. The third-order valence-corrected chi connectivity index (χ3v) is 2.36. The Labute approximate surface area is 107 Å². The molecular weight excluding hydrogens is 255 g/mol. The van der Waals surface area contributed by atoms with E-state index >= 15 is 0 Å². The standard InChI is InChI=1S/C11H9FN4O3/c1-6-3-2-4-7(8(6)12)19-11-9(16(17)18)10(13)14-5-15-11/h2-5H,1H3,(H2,13,14,15). The van der Waals surface area contributed by atoms with E-state index in [2.05, 4.69) is 9.97 Å². The Bertz CT molecular complexity index is 648. The summed E-state index contributed by atoms with van der Waals surface area (Å²) in [6, 6.07) is 4.44. The number of halogens is 1.